The van der Waals surface area contributed by atoms with Gasteiger partial charge in [-0.1, -0.05) is 26.0 Å². The molecule has 1 saturated heterocycles. The molecule has 2 aromatic rings. The Balaban J connectivity index is 1.11. The highest BCUT2D eigenvalue weighted by Gasteiger charge is 2.45. The third kappa shape index (κ3) is 5.83. The number of fused-ring (bicyclic) bond motifs is 2. The van der Waals surface area contributed by atoms with Crippen molar-refractivity contribution in [3.63, 3.8) is 0 Å². The summed E-state index contributed by atoms with van der Waals surface area (Å²) >= 11 is 0. The molecule has 2 aromatic carbocycles. The quantitative estimate of drug-likeness (QED) is 0.433. The van der Waals surface area contributed by atoms with Crippen molar-refractivity contribution in [3.05, 3.63) is 54.1 Å². The van der Waals surface area contributed by atoms with Gasteiger partial charge in [-0.3, -0.25) is 4.79 Å². The number of hydrogen-bond acceptors (Lipinski definition) is 4. The number of nitrogens with one attached hydrogen (secondary N) is 2. The Morgan fingerprint density at radius 1 is 0.971 bits per heavy atom. The Kier molecular flexibility index (Phi) is 7.06. The zero-order valence-electron chi connectivity index (χ0n) is 21.4. The Morgan fingerprint density at radius 3 is 2.29 bits per heavy atom. The van der Waals surface area contributed by atoms with Crippen molar-refractivity contribution in [3.8, 4) is 0 Å². The molecule has 2 bridgehead atoms. The minimum atomic E-state index is -0.140. The van der Waals surface area contributed by atoms with Gasteiger partial charge in [-0.15, -0.1) is 0 Å². The highest BCUT2D eigenvalue weighted by atomic mass is 16.1. The fraction of sp³-hybridized carbons (Fsp3) is 0.567. The summed E-state index contributed by atoms with van der Waals surface area (Å²) in [5.74, 6) is 2.63. The lowest BCUT2D eigenvalue weighted by Gasteiger charge is -2.52. The van der Waals surface area contributed by atoms with E-state index in [1.54, 1.807) is 6.07 Å². The molecule has 5 nitrogen and oxygen atoms in total. The molecule has 3 aliphatic rings. The van der Waals surface area contributed by atoms with Crippen molar-refractivity contribution >= 4 is 23.0 Å². The molecule has 4 N–H and O–H groups in total. The molecule has 2 aliphatic carbocycles. The van der Waals surface area contributed by atoms with Gasteiger partial charge < -0.3 is 21.3 Å². The molecule has 3 fully saturated rings. The van der Waals surface area contributed by atoms with Crippen LogP contribution in [-0.2, 0) is 0 Å². The topological polar surface area (TPSA) is 70.4 Å². The fourth-order valence-electron chi connectivity index (χ4n) is 7.57. The van der Waals surface area contributed by atoms with E-state index in [2.05, 4.69) is 29.4 Å². The van der Waals surface area contributed by atoms with E-state index in [0.29, 0.717) is 28.4 Å². The van der Waals surface area contributed by atoms with E-state index in [1.807, 2.05) is 42.5 Å². The summed E-state index contributed by atoms with van der Waals surface area (Å²) in [5.41, 5.74) is 9.45. The van der Waals surface area contributed by atoms with Gasteiger partial charge in [-0.05, 0) is 105 Å². The van der Waals surface area contributed by atoms with Gasteiger partial charge >= 0.3 is 0 Å². The second kappa shape index (κ2) is 10.2. The number of anilines is 3. The van der Waals surface area contributed by atoms with Crippen LogP contribution < -0.4 is 16.4 Å². The number of piperidine rings is 1. The second-order valence-corrected chi connectivity index (χ2v) is 12.0. The lowest BCUT2D eigenvalue weighted by molar-refractivity contribution is -0.0138. The van der Waals surface area contributed by atoms with Gasteiger partial charge in [0.1, 0.15) is 0 Å². The number of carbonyl (C=O) groups excluding carboxylic acids is 1. The number of likely N-dealkylation sites (tertiary alicyclic amines) is 1. The highest BCUT2D eigenvalue weighted by molar-refractivity contribution is 6.05. The SMILES string of the molecule is CC1CC2CC(C)CC(CN3CCC(Nc4ccc(C(=O)Nc5ccccc5N)cc4)CC3)(C1)C2. The van der Waals surface area contributed by atoms with Gasteiger partial charge in [0.15, 0.2) is 0 Å². The number of nitrogens with two attached hydrogens (primary N) is 1. The summed E-state index contributed by atoms with van der Waals surface area (Å²) < 4.78 is 0. The number of rotatable bonds is 6. The molecule has 0 aromatic heterocycles. The van der Waals surface area contributed by atoms with Crippen molar-refractivity contribution in [2.24, 2.45) is 23.2 Å². The fourth-order valence-corrected chi connectivity index (χ4v) is 7.57. The molecule has 188 valence electrons. The van der Waals surface area contributed by atoms with Crippen LogP contribution in [-0.4, -0.2) is 36.5 Å². The molecule has 35 heavy (non-hydrogen) atoms. The molecule has 2 saturated carbocycles. The van der Waals surface area contributed by atoms with Crippen LogP contribution >= 0.6 is 0 Å². The Hall–Kier alpha value is -2.53. The van der Waals surface area contributed by atoms with Crippen LogP contribution in [0.1, 0.15) is 69.2 Å². The van der Waals surface area contributed by atoms with Crippen molar-refractivity contribution in [1.29, 1.82) is 0 Å². The Labute approximate surface area is 210 Å². The molecule has 0 spiro atoms. The lowest BCUT2D eigenvalue weighted by Crippen LogP contribution is -2.49. The molecule has 1 aliphatic heterocycles. The molecule has 1 heterocycles. The van der Waals surface area contributed by atoms with Gasteiger partial charge in [-0.2, -0.15) is 0 Å². The number of carbonyl (C=O) groups is 1. The summed E-state index contributed by atoms with van der Waals surface area (Å²) in [6.45, 7) is 8.65. The predicted molar refractivity (Wildman–Crippen MR) is 146 cm³/mol. The number of benzene rings is 2. The third-order valence-electron chi connectivity index (χ3n) is 8.63. The number of hydrogen-bond donors (Lipinski definition) is 3. The van der Waals surface area contributed by atoms with E-state index in [0.717, 1.165) is 23.4 Å². The van der Waals surface area contributed by atoms with Crippen molar-refractivity contribution in [1.82, 2.24) is 4.90 Å². The summed E-state index contributed by atoms with van der Waals surface area (Å²) in [5, 5.41) is 6.60. The molecular weight excluding hydrogens is 432 g/mol. The van der Waals surface area contributed by atoms with Crippen molar-refractivity contribution < 1.29 is 4.79 Å². The normalized spacial score (nSPS) is 29.5. The van der Waals surface area contributed by atoms with E-state index >= 15 is 0 Å². The summed E-state index contributed by atoms with van der Waals surface area (Å²) in [6.07, 6.45) is 9.61. The second-order valence-electron chi connectivity index (χ2n) is 12.0. The maximum Gasteiger partial charge on any atom is 0.255 e. The molecule has 5 heteroatoms. The van der Waals surface area contributed by atoms with Crippen LogP contribution in [0, 0.1) is 23.2 Å². The first kappa shape index (κ1) is 24.2. The maximum atomic E-state index is 12.6. The number of para-hydroxylation sites is 2. The summed E-state index contributed by atoms with van der Waals surface area (Å²) in [7, 11) is 0. The van der Waals surface area contributed by atoms with Crippen molar-refractivity contribution in [2.45, 2.75) is 64.8 Å². The first-order valence-corrected chi connectivity index (χ1v) is 13.6. The van der Waals surface area contributed by atoms with E-state index in [9.17, 15) is 4.79 Å². The number of amides is 1. The third-order valence-corrected chi connectivity index (χ3v) is 8.63. The smallest absolute Gasteiger partial charge is 0.255 e. The Morgan fingerprint density at radius 2 is 1.63 bits per heavy atom. The average Bonchev–Trinajstić information content (AvgIpc) is 2.81. The van der Waals surface area contributed by atoms with Gasteiger partial charge in [0.25, 0.3) is 5.91 Å². The van der Waals surface area contributed by atoms with Crippen molar-refractivity contribution in [2.75, 3.05) is 36.0 Å². The van der Waals surface area contributed by atoms with Gasteiger partial charge in [0.2, 0.25) is 0 Å². The maximum absolute atomic E-state index is 12.6. The molecule has 2 unspecified atom stereocenters. The minimum absolute atomic E-state index is 0.140. The average molecular weight is 475 g/mol. The van der Waals surface area contributed by atoms with E-state index < -0.39 is 0 Å². The monoisotopic (exact) mass is 474 g/mol. The summed E-state index contributed by atoms with van der Waals surface area (Å²) in [6, 6.07) is 15.6. The van der Waals surface area contributed by atoms with Crippen LogP contribution in [0.4, 0.5) is 17.1 Å². The molecular formula is C30H42N4O. The van der Waals surface area contributed by atoms with Gasteiger partial charge in [0, 0.05) is 36.9 Å². The van der Waals surface area contributed by atoms with Crippen LogP contribution in [0.5, 0.6) is 0 Å². The van der Waals surface area contributed by atoms with Crippen LogP contribution in [0.3, 0.4) is 0 Å². The molecule has 5 rings (SSSR count). The van der Waals surface area contributed by atoms with Gasteiger partial charge in [0.05, 0.1) is 11.4 Å². The zero-order valence-corrected chi connectivity index (χ0v) is 21.4. The standard InChI is InChI=1S/C30H42N4O/c1-21-15-23-16-22(2)18-30(17-21,19-23)20-34-13-11-26(12-14-34)32-25-9-7-24(8-10-25)29(35)33-28-6-4-3-5-27(28)31/h3-10,21-23,26,32H,11-20,31H2,1-2H3,(H,33,35). The first-order valence-electron chi connectivity index (χ1n) is 13.6. The summed E-state index contributed by atoms with van der Waals surface area (Å²) in [4.78, 5) is 15.3. The van der Waals surface area contributed by atoms with Gasteiger partial charge in [-0.25, -0.2) is 0 Å². The molecule has 2 atom stereocenters. The van der Waals surface area contributed by atoms with Crippen LogP contribution in [0.25, 0.3) is 0 Å². The number of nitrogen functional groups attached to an aromatic ring is 1. The highest BCUT2D eigenvalue weighted by Crippen LogP contribution is 2.53. The number of nitrogens with zero attached hydrogens (tertiary/aromatic N) is 1. The largest absolute Gasteiger partial charge is 0.397 e. The Bertz CT molecular complexity index is 992. The van der Waals surface area contributed by atoms with Crippen LogP contribution in [0.15, 0.2) is 48.5 Å². The van der Waals surface area contributed by atoms with E-state index in [1.165, 1.54) is 64.6 Å². The first-order chi connectivity index (χ1) is 16.9. The zero-order chi connectivity index (χ0) is 24.4. The minimum Gasteiger partial charge on any atom is -0.397 e. The van der Waals surface area contributed by atoms with E-state index in [-0.39, 0.29) is 5.91 Å². The molecule has 1 amide bonds. The van der Waals surface area contributed by atoms with Crippen LogP contribution in [0.2, 0.25) is 0 Å². The predicted octanol–water partition coefficient (Wildman–Crippen LogP) is 6.25. The molecule has 0 radical (unpaired) electrons. The van der Waals surface area contributed by atoms with E-state index in [4.69, 9.17) is 5.73 Å². The lowest BCUT2D eigenvalue weighted by atomic mass is 9.56.